The van der Waals surface area contributed by atoms with Crippen molar-refractivity contribution in [2.24, 2.45) is 0 Å². The van der Waals surface area contributed by atoms with Crippen LogP contribution >= 0.6 is 0 Å². The van der Waals surface area contributed by atoms with Crippen molar-refractivity contribution in [3.05, 3.63) is 99.8 Å². The van der Waals surface area contributed by atoms with E-state index >= 15 is 0 Å². The lowest BCUT2D eigenvalue weighted by molar-refractivity contribution is 0.0600. The number of benzene rings is 3. The van der Waals surface area contributed by atoms with Gasteiger partial charge >= 0.3 is 5.97 Å². The van der Waals surface area contributed by atoms with E-state index in [0.717, 1.165) is 5.56 Å². The van der Waals surface area contributed by atoms with Crippen LogP contribution in [-0.2, 0) is 27.7 Å². The number of pyridine rings is 1. The molecule has 2 heterocycles. The minimum Gasteiger partial charge on any atom is -0.486 e. The Balaban J connectivity index is 1.52. The summed E-state index contributed by atoms with van der Waals surface area (Å²) in [5, 5.41) is 0.692. The van der Waals surface area contributed by atoms with E-state index in [1.54, 1.807) is 18.2 Å². The Hall–Kier alpha value is -4.15. The molecule has 0 amide bonds. The third kappa shape index (κ3) is 5.27. The summed E-state index contributed by atoms with van der Waals surface area (Å²) in [6.45, 7) is 0.793. The molecule has 0 spiro atoms. The second kappa shape index (κ2) is 10.7. The summed E-state index contributed by atoms with van der Waals surface area (Å²) in [7, 11) is -2.86. The molecule has 1 aliphatic heterocycles. The lowest BCUT2D eigenvalue weighted by atomic mass is 10.1. The highest BCUT2D eigenvalue weighted by molar-refractivity contribution is 7.89. The molecule has 38 heavy (non-hydrogen) atoms. The quantitative estimate of drug-likeness (QED) is 0.344. The lowest BCUT2D eigenvalue weighted by Crippen LogP contribution is -2.34. The normalized spacial score (nSPS) is 13.0. The summed E-state index contributed by atoms with van der Waals surface area (Å²) in [4.78, 5) is 27.9. The van der Waals surface area contributed by atoms with Crippen molar-refractivity contribution in [1.29, 1.82) is 0 Å². The second-order valence-electron chi connectivity index (χ2n) is 8.80. The monoisotopic (exact) mass is 534 g/mol. The molecule has 1 aromatic heterocycles. The highest BCUT2D eigenvalue weighted by Gasteiger charge is 2.27. The van der Waals surface area contributed by atoms with E-state index in [1.807, 2.05) is 30.3 Å². The highest BCUT2D eigenvalue weighted by Crippen LogP contribution is 2.34. The molecular weight excluding hydrogens is 508 g/mol. The number of nitrogens with zero attached hydrogens (tertiary/aromatic N) is 1. The third-order valence-electron chi connectivity index (χ3n) is 6.32. The number of nitrogens with one attached hydrogen (secondary N) is 1. The number of rotatable bonds is 8. The van der Waals surface area contributed by atoms with Gasteiger partial charge in [0.15, 0.2) is 11.5 Å². The Morgan fingerprint density at radius 2 is 1.71 bits per heavy atom. The number of carbonyl (C=O) groups is 1. The van der Waals surface area contributed by atoms with Crippen LogP contribution in [0.1, 0.15) is 21.5 Å². The van der Waals surface area contributed by atoms with Crippen LogP contribution in [0, 0.1) is 0 Å². The van der Waals surface area contributed by atoms with E-state index in [4.69, 9.17) is 14.2 Å². The fourth-order valence-electron chi connectivity index (χ4n) is 4.33. The van der Waals surface area contributed by atoms with Gasteiger partial charge in [-0.1, -0.05) is 36.4 Å². The zero-order chi connectivity index (χ0) is 26.7. The van der Waals surface area contributed by atoms with Crippen molar-refractivity contribution >= 4 is 26.9 Å². The van der Waals surface area contributed by atoms with Crippen LogP contribution in [0.5, 0.6) is 11.5 Å². The third-order valence-corrected chi connectivity index (χ3v) is 8.16. The molecule has 1 N–H and O–H groups in total. The number of ether oxygens (including phenoxy) is 3. The molecule has 0 saturated heterocycles. The first kappa shape index (κ1) is 25.5. The van der Waals surface area contributed by atoms with Crippen molar-refractivity contribution in [3.63, 3.8) is 0 Å². The number of hydrogen-bond acceptors (Lipinski definition) is 7. The largest absolute Gasteiger partial charge is 0.486 e. The molecular formula is C28H26N2O7S. The predicted octanol–water partition coefficient (Wildman–Crippen LogP) is 3.52. The number of carbonyl (C=O) groups excluding carboxylic acids is 1. The Morgan fingerprint density at radius 1 is 0.974 bits per heavy atom. The van der Waals surface area contributed by atoms with Gasteiger partial charge in [0.1, 0.15) is 13.2 Å². The van der Waals surface area contributed by atoms with E-state index < -0.39 is 21.6 Å². The van der Waals surface area contributed by atoms with Crippen molar-refractivity contribution < 1.29 is 27.4 Å². The SMILES string of the molecule is COC(=O)c1cccc(S(=O)(=O)N(CCc2ccccc2)Cc2cc3cc4c(cc3[nH]c2=O)OCCO4)c1. The van der Waals surface area contributed by atoms with Crippen molar-refractivity contribution in [1.82, 2.24) is 9.29 Å². The van der Waals surface area contributed by atoms with E-state index in [1.165, 1.54) is 35.7 Å². The van der Waals surface area contributed by atoms with E-state index in [0.29, 0.717) is 42.0 Å². The summed E-state index contributed by atoms with van der Waals surface area (Å²) < 4.78 is 44.9. The predicted molar refractivity (Wildman–Crippen MR) is 141 cm³/mol. The van der Waals surface area contributed by atoms with Crippen molar-refractivity contribution in [2.75, 3.05) is 26.9 Å². The number of sulfonamides is 1. The number of aromatic nitrogens is 1. The number of fused-ring (bicyclic) bond motifs is 2. The molecule has 4 aromatic rings. The topological polar surface area (TPSA) is 115 Å². The highest BCUT2D eigenvalue weighted by atomic mass is 32.2. The molecule has 0 aliphatic carbocycles. The standard InChI is InChI=1S/C28H26N2O7S/c1-35-28(32)20-8-5-9-23(15-20)38(33,34)30(11-10-19-6-3-2-4-7-19)18-22-14-21-16-25-26(37-13-12-36-25)17-24(21)29-27(22)31/h2-9,14-17H,10-13,18H2,1H3,(H,29,31). The first-order valence-electron chi connectivity index (χ1n) is 12.0. The summed E-state index contributed by atoms with van der Waals surface area (Å²) >= 11 is 0. The molecule has 5 rings (SSSR count). The number of esters is 1. The number of hydrogen-bond donors (Lipinski definition) is 1. The molecule has 3 aromatic carbocycles. The smallest absolute Gasteiger partial charge is 0.337 e. The van der Waals surface area contributed by atoms with Crippen LogP contribution in [0.15, 0.2) is 82.5 Å². The van der Waals surface area contributed by atoms with Gasteiger partial charge in [-0.15, -0.1) is 0 Å². The summed E-state index contributed by atoms with van der Waals surface area (Å²) in [6, 6.07) is 20.3. The average Bonchev–Trinajstić information content (AvgIpc) is 2.94. The fraction of sp³-hybridized carbons (Fsp3) is 0.214. The second-order valence-corrected chi connectivity index (χ2v) is 10.7. The molecule has 0 bridgehead atoms. The fourth-order valence-corrected chi connectivity index (χ4v) is 5.79. The van der Waals surface area contributed by atoms with Gasteiger partial charge in [-0.3, -0.25) is 4.79 Å². The van der Waals surface area contributed by atoms with Crippen LogP contribution in [-0.4, -0.2) is 50.5 Å². The van der Waals surface area contributed by atoms with Crippen LogP contribution in [0.25, 0.3) is 10.9 Å². The molecule has 0 radical (unpaired) electrons. The zero-order valence-corrected chi connectivity index (χ0v) is 21.5. The minimum absolute atomic E-state index is 0.0645. The van der Waals surface area contributed by atoms with Crippen LogP contribution in [0.2, 0.25) is 0 Å². The van der Waals surface area contributed by atoms with Crippen molar-refractivity contribution in [3.8, 4) is 11.5 Å². The maximum atomic E-state index is 13.8. The molecule has 0 saturated carbocycles. The first-order chi connectivity index (χ1) is 18.3. The van der Waals surface area contributed by atoms with Crippen molar-refractivity contribution in [2.45, 2.75) is 17.9 Å². The molecule has 0 unspecified atom stereocenters. The summed E-state index contributed by atoms with van der Waals surface area (Å²) in [5.41, 5.74) is 1.50. The zero-order valence-electron chi connectivity index (χ0n) is 20.7. The Bertz CT molecular complexity index is 1650. The first-order valence-corrected chi connectivity index (χ1v) is 13.5. The summed E-state index contributed by atoms with van der Waals surface area (Å²) in [6.07, 6.45) is 0.431. The molecule has 196 valence electrons. The van der Waals surface area contributed by atoms with Crippen LogP contribution < -0.4 is 15.0 Å². The maximum absolute atomic E-state index is 13.8. The number of methoxy groups -OCH3 is 1. The average molecular weight is 535 g/mol. The Kier molecular flexibility index (Phi) is 7.17. The molecule has 0 atom stereocenters. The van der Waals surface area contributed by atoms with Gasteiger partial charge in [0, 0.05) is 30.1 Å². The van der Waals surface area contributed by atoms with Gasteiger partial charge in [-0.25, -0.2) is 13.2 Å². The molecule has 1 aliphatic rings. The van der Waals surface area contributed by atoms with E-state index in [2.05, 4.69) is 4.98 Å². The van der Waals surface area contributed by atoms with Crippen LogP contribution in [0.3, 0.4) is 0 Å². The minimum atomic E-state index is -4.09. The van der Waals surface area contributed by atoms with Gasteiger partial charge in [0.2, 0.25) is 10.0 Å². The van der Waals surface area contributed by atoms with E-state index in [9.17, 15) is 18.0 Å². The Morgan fingerprint density at radius 3 is 2.45 bits per heavy atom. The Labute approximate surface area is 219 Å². The maximum Gasteiger partial charge on any atom is 0.337 e. The van der Waals surface area contributed by atoms with Crippen LogP contribution in [0.4, 0.5) is 0 Å². The molecule has 9 nitrogen and oxygen atoms in total. The van der Waals surface area contributed by atoms with Gasteiger partial charge in [0.25, 0.3) is 5.56 Å². The number of aromatic amines is 1. The molecule has 10 heteroatoms. The van der Waals surface area contributed by atoms with Gasteiger partial charge < -0.3 is 19.2 Å². The van der Waals surface area contributed by atoms with E-state index in [-0.39, 0.29) is 29.1 Å². The van der Waals surface area contributed by atoms with Gasteiger partial charge in [-0.2, -0.15) is 4.31 Å². The molecule has 0 fully saturated rings. The lowest BCUT2D eigenvalue weighted by Gasteiger charge is -2.23. The summed E-state index contributed by atoms with van der Waals surface area (Å²) in [5.74, 6) is 0.470. The van der Waals surface area contributed by atoms with Gasteiger partial charge in [-0.05, 0) is 42.3 Å². The number of H-pyrrole nitrogens is 1. The van der Waals surface area contributed by atoms with Gasteiger partial charge in [0.05, 0.1) is 23.1 Å².